The van der Waals surface area contributed by atoms with Gasteiger partial charge in [0.2, 0.25) is 0 Å². The number of pyridine rings is 2. The van der Waals surface area contributed by atoms with Gasteiger partial charge in [0.25, 0.3) is 0 Å². The second-order valence-corrected chi connectivity index (χ2v) is 8.34. The van der Waals surface area contributed by atoms with Crippen LogP contribution in [0.2, 0.25) is 0 Å². The number of rotatable bonds is 5. The summed E-state index contributed by atoms with van der Waals surface area (Å²) >= 11 is 0. The van der Waals surface area contributed by atoms with Crippen molar-refractivity contribution in [2.75, 3.05) is 0 Å². The highest BCUT2D eigenvalue weighted by molar-refractivity contribution is 6.08. The molecule has 3 heteroatoms. The van der Waals surface area contributed by atoms with Crippen molar-refractivity contribution in [1.82, 2.24) is 14.5 Å². The molecule has 0 spiro atoms. The molecule has 0 saturated carbocycles. The van der Waals surface area contributed by atoms with Crippen molar-refractivity contribution in [2.24, 2.45) is 5.41 Å². The summed E-state index contributed by atoms with van der Waals surface area (Å²) < 4.78 is 2.26. The average molecular weight is 358 g/mol. The Morgan fingerprint density at radius 2 is 1.44 bits per heavy atom. The molecular weight excluding hydrogens is 330 g/mol. The van der Waals surface area contributed by atoms with Crippen LogP contribution in [-0.2, 0) is 0 Å². The summed E-state index contributed by atoms with van der Waals surface area (Å²) in [5.74, 6) is 0.551. The maximum Gasteiger partial charge on any atom is 0.0725 e. The van der Waals surface area contributed by atoms with Crippen LogP contribution in [-0.4, -0.2) is 14.5 Å². The molecule has 3 aromatic heterocycles. The van der Waals surface area contributed by atoms with Crippen LogP contribution in [0, 0.1) is 5.41 Å². The van der Waals surface area contributed by atoms with E-state index in [-0.39, 0.29) is 0 Å². The number of aromatic nitrogens is 3. The molecule has 0 amide bonds. The van der Waals surface area contributed by atoms with E-state index in [1.165, 1.54) is 29.2 Å². The van der Waals surface area contributed by atoms with Crippen molar-refractivity contribution in [3.05, 3.63) is 66.7 Å². The summed E-state index contributed by atoms with van der Waals surface area (Å²) in [6.07, 6.45) is 9.99. The van der Waals surface area contributed by atoms with Gasteiger partial charge in [-0.3, -0.25) is 9.97 Å². The van der Waals surface area contributed by atoms with Crippen molar-refractivity contribution in [3.63, 3.8) is 0 Å². The summed E-state index contributed by atoms with van der Waals surface area (Å²) in [4.78, 5) is 8.70. The molecule has 3 nitrogen and oxygen atoms in total. The van der Waals surface area contributed by atoms with E-state index < -0.39 is 0 Å². The predicted molar refractivity (Wildman–Crippen MR) is 113 cm³/mol. The van der Waals surface area contributed by atoms with Crippen molar-refractivity contribution in [3.8, 4) is 5.69 Å². The summed E-state index contributed by atoms with van der Waals surface area (Å²) in [6, 6.07) is 13.2. The first-order valence-electron chi connectivity index (χ1n) is 9.78. The van der Waals surface area contributed by atoms with Gasteiger partial charge in [-0.2, -0.15) is 0 Å². The molecule has 4 aromatic rings. The maximum atomic E-state index is 4.35. The lowest BCUT2D eigenvalue weighted by molar-refractivity contribution is 0.299. The Balaban J connectivity index is 1.76. The minimum Gasteiger partial charge on any atom is -0.306 e. The molecule has 138 valence electrons. The van der Waals surface area contributed by atoms with Crippen LogP contribution in [0.4, 0.5) is 0 Å². The fourth-order valence-electron chi connectivity index (χ4n) is 4.04. The molecular formula is C24H27N3. The number of benzene rings is 1. The number of hydrogen-bond acceptors (Lipinski definition) is 2. The first-order chi connectivity index (χ1) is 13.0. The van der Waals surface area contributed by atoms with Gasteiger partial charge in [0.1, 0.15) is 0 Å². The second kappa shape index (κ2) is 6.80. The molecule has 0 N–H and O–H groups in total. The van der Waals surface area contributed by atoms with Crippen LogP contribution in [0.1, 0.15) is 52.0 Å². The Hall–Kier alpha value is -2.68. The lowest BCUT2D eigenvalue weighted by Crippen LogP contribution is -2.13. The van der Waals surface area contributed by atoms with Crippen molar-refractivity contribution in [1.29, 1.82) is 0 Å². The van der Waals surface area contributed by atoms with Crippen LogP contribution in [0.15, 0.2) is 61.2 Å². The number of nitrogens with zero attached hydrogens (tertiary/aromatic N) is 3. The number of fused-ring (bicyclic) bond motifs is 3. The molecule has 0 radical (unpaired) electrons. The van der Waals surface area contributed by atoms with E-state index in [9.17, 15) is 0 Å². The van der Waals surface area contributed by atoms with Crippen LogP contribution >= 0.6 is 0 Å². The van der Waals surface area contributed by atoms with E-state index in [2.05, 4.69) is 78.6 Å². The third-order valence-electron chi connectivity index (χ3n) is 5.91. The van der Waals surface area contributed by atoms with E-state index >= 15 is 0 Å². The first-order valence-corrected chi connectivity index (χ1v) is 9.78. The Morgan fingerprint density at radius 1 is 0.889 bits per heavy atom. The van der Waals surface area contributed by atoms with Crippen LogP contribution in [0.3, 0.4) is 0 Å². The molecule has 0 bridgehead atoms. The molecule has 1 atom stereocenters. The molecule has 4 rings (SSSR count). The smallest absolute Gasteiger partial charge is 0.0725 e. The Kier molecular flexibility index (Phi) is 4.47. The first kappa shape index (κ1) is 17.7. The van der Waals surface area contributed by atoms with Gasteiger partial charge in [-0.15, -0.1) is 0 Å². The Labute approximate surface area is 161 Å². The zero-order chi connectivity index (χ0) is 19.0. The predicted octanol–water partition coefficient (Wildman–Crippen LogP) is 6.50. The quantitative estimate of drug-likeness (QED) is 0.408. The number of hydrogen-bond donors (Lipinski definition) is 0. The van der Waals surface area contributed by atoms with E-state index in [4.69, 9.17) is 0 Å². The topological polar surface area (TPSA) is 30.7 Å². The molecule has 0 saturated heterocycles. The third kappa shape index (κ3) is 3.23. The molecule has 0 aliphatic heterocycles. The van der Waals surface area contributed by atoms with Crippen LogP contribution in [0.5, 0.6) is 0 Å². The van der Waals surface area contributed by atoms with Crippen molar-refractivity contribution >= 4 is 21.8 Å². The summed E-state index contributed by atoms with van der Waals surface area (Å²) in [5.41, 5.74) is 5.17. The Bertz CT molecular complexity index is 1020. The maximum absolute atomic E-state index is 4.35. The van der Waals surface area contributed by atoms with Crippen LogP contribution < -0.4 is 0 Å². The van der Waals surface area contributed by atoms with Gasteiger partial charge in [0.05, 0.1) is 23.4 Å². The lowest BCUT2D eigenvalue weighted by atomic mass is 9.79. The third-order valence-corrected chi connectivity index (χ3v) is 5.91. The van der Waals surface area contributed by atoms with Gasteiger partial charge in [-0.1, -0.05) is 46.2 Å². The van der Waals surface area contributed by atoms with Gasteiger partial charge in [0.15, 0.2) is 0 Å². The van der Waals surface area contributed by atoms with E-state index in [1.54, 1.807) is 0 Å². The zero-order valence-electron chi connectivity index (χ0n) is 16.6. The zero-order valence-corrected chi connectivity index (χ0v) is 16.6. The lowest BCUT2D eigenvalue weighted by Gasteiger charge is -2.27. The van der Waals surface area contributed by atoms with Crippen LogP contribution in [0.25, 0.3) is 27.5 Å². The van der Waals surface area contributed by atoms with Crippen molar-refractivity contribution < 1.29 is 0 Å². The van der Waals surface area contributed by atoms with E-state index in [0.29, 0.717) is 11.3 Å². The molecule has 27 heavy (non-hydrogen) atoms. The largest absolute Gasteiger partial charge is 0.306 e. The SMILES string of the molecule is CCC(C)(C)CC(C)c1ccc(-n2c3cnccc3c3ccncc32)cc1. The van der Waals surface area contributed by atoms with Gasteiger partial charge in [-0.05, 0) is 47.6 Å². The van der Waals surface area contributed by atoms with Gasteiger partial charge in [0, 0.05) is 28.9 Å². The fraction of sp³-hybridized carbons (Fsp3) is 0.333. The summed E-state index contributed by atoms with van der Waals surface area (Å²) in [5, 5.41) is 2.43. The van der Waals surface area contributed by atoms with Crippen molar-refractivity contribution in [2.45, 2.75) is 46.5 Å². The molecule has 3 heterocycles. The molecule has 1 aromatic carbocycles. The highest BCUT2D eigenvalue weighted by Crippen LogP contribution is 2.35. The standard InChI is InChI=1S/C24H27N3/c1-5-24(3,4)14-17(2)18-6-8-19(9-7-18)27-22-15-25-12-10-20(22)21-11-13-26-16-23(21)27/h6-13,15-17H,5,14H2,1-4H3. The highest BCUT2D eigenvalue weighted by atomic mass is 15.0. The monoisotopic (exact) mass is 357 g/mol. The fourth-order valence-corrected chi connectivity index (χ4v) is 4.04. The van der Waals surface area contributed by atoms with E-state index in [1.807, 2.05) is 24.8 Å². The minimum atomic E-state index is 0.377. The minimum absolute atomic E-state index is 0.377. The normalized spacial score (nSPS) is 13.3. The molecule has 0 aliphatic rings. The summed E-state index contributed by atoms with van der Waals surface area (Å²) in [6.45, 7) is 9.33. The molecule has 0 aliphatic carbocycles. The molecule has 1 unspecified atom stereocenters. The highest BCUT2D eigenvalue weighted by Gasteiger charge is 2.20. The van der Waals surface area contributed by atoms with Gasteiger partial charge >= 0.3 is 0 Å². The van der Waals surface area contributed by atoms with E-state index in [0.717, 1.165) is 16.7 Å². The summed E-state index contributed by atoms with van der Waals surface area (Å²) in [7, 11) is 0. The molecule has 0 fully saturated rings. The average Bonchev–Trinajstić information content (AvgIpc) is 3.02. The Morgan fingerprint density at radius 3 is 1.96 bits per heavy atom. The second-order valence-electron chi connectivity index (χ2n) is 8.34. The van der Waals surface area contributed by atoms with Gasteiger partial charge < -0.3 is 4.57 Å². The van der Waals surface area contributed by atoms with Gasteiger partial charge in [-0.25, -0.2) is 0 Å².